The van der Waals surface area contributed by atoms with E-state index in [-0.39, 0.29) is 16.8 Å². The smallest absolute Gasteiger partial charge is 0.253 e. The fraction of sp³-hybridized carbons (Fsp3) is 0.480. The molecule has 180 valence electrons. The van der Waals surface area contributed by atoms with Gasteiger partial charge in [-0.3, -0.25) is 4.79 Å². The van der Waals surface area contributed by atoms with Gasteiger partial charge in [-0.25, -0.2) is 8.42 Å². The fourth-order valence-corrected chi connectivity index (χ4v) is 5.54. The number of ether oxygens (including phenoxy) is 1. The summed E-state index contributed by atoms with van der Waals surface area (Å²) in [5, 5.41) is 3.08. The summed E-state index contributed by atoms with van der Waals surface area (Å²) in [6.07, 6.45) is 1.65. The number of hydrogen-bond acceptors (Lipinski definition) is 5. The van der Waals surface area contributed by atoms with Crippen LogP contribution in [0, 0.1) is 0 Å². The number of aryl methyl sites for hydroxylation is 1. The Bertz CT molecular complexity index is 1020. The van der Waals surface area contributed by atoms with E-state index in [2.05, 4.69) is 22.3 Å². The summed E-state index contributed by atoms with van der Waals surface area (Å²) in [7, 11) is -3.67. The van der Waals surface area contributed by atoms with Crippen LogP contribution in [0.3, 0.4) is 0 Å². The van der Waals surface area contributed by atoms with Crippen LogP contribution in [0.2, 0.25) is 0 Å². The van der Waals surface area contributed by atoms with Gasteiger partial charge in [0.2, 0.25) is 10.0 Å². The number of benzene rings is 2. The zero-order valence-electron chi connectivity index (χ0n) is 19.8. The fourth-order valence-electron chi connectivity index (χ4n) is 4.05. The molecule has 1 amide bonds. The number of nitrogens with zero attached hydrogens (tertiary/aromatic N) is 2. The second kappa shape index (κ2) is 11.6. The highest BCUT2D eigenvalue weighted by atomic mass is 32.2. The third kappa shape index (κ3) is 6.34. The maximum Gasteiger partial charge on any atom is 0.253 e. The van der Waals surface area contributed by atoms with Crippen molar-refractivity contribution in [2.75, 3.05) is 44.3 Å². The molecule has 1 heterocycles. The summed E-state index contributed by atoms with van der Waals surface area (Å²) in [6, 6.07) is 15.0. The van der Waals surface area contributed by atoms with Gasteiger partial charge in [-0.1, -0.05) is 44.2 Å². The molecule has 0 spiro atoms. The molecule has 2 aromatic carbocycles. The lowest BCUT2D eigenvalue weighted by Crippen LogP contribution is -2.39. The topological polar surface area (TPSA) is 79.0 Å². The molecule has 2 aromatic rings. The van der Waals surface area contributed by atoms with Crippen LogP contribution >= 0.6 is 0 Å². The Morgan fingerprint density at radius 1 is 1.09 bits per heavy atom. The lowest BCUT2D eigenvalue weighted by Gasteiger charge is -2.31. The van der Waals surface area contributed by atoms with E-state index in [1.807, 2.05) is 39.0 Å². The minimum Gasteiger partial charge on any atom is -0.378 e. The highest BCUT2D eigenvalue weighted by Crippen LogP contribution is 2.27. The highest BCUT2D eigenvalue weighted by molar-refractivity contribution is 7.89. The van der Waals surface area contributed by atoms with Gasteiger partial charge in [0.1, 0.15) is 0 Å². The number of sulfonamides is 1. The molecule has 1 unspecified atom stereocenters. The molecule has 1 aliphatic rings. The van der Waals surface area contributed by atoms with E-state index in [1.165, 1.54) is 15.9 Å². The van der Waals surface area contributed by atoms with Crippen LogP contribution in [0.15, 0.2) is 53.4 Å². The molecular weight excluding hydrogens is 438 g/mol. The van der Waals surface area contributed by atoms with E-state index in [1.54, 1.807) is 12.1 Å². The molecule has 0 bridgehead atoms. The van der Waals surface area contributed by atoms with Gasteiger partial charge in [-0.15, -0.1) is 0 Å². The van der Waals surface area contributed by atoms with E-state index in [0.717, 1.165) is 18.5 Å². The van der Waals surface area contributed by atoms with E-state index in [9.17, 15) is 13.2 Å². The molecule has 1 N–H and O–H groups in total. The number of carbonyl (C=O) groups excluding carboxylic acids is 1. The Morgan fingerprint density at radius 2 is 1.76 bits per heavy atom. The molecule has 1 fully saturated rings. The minimum atomic E-state index is -3.67. The first kappa shape index (κ1) is 25.2. The number of morpholine rings is 1. The average molecular weight is 474 g/mol. The van der Waals surface area contributed by atoms with Gasteiger partial charge in [0, 0.05) is 37.9 Å². The average Bonchev–Trinajstić information content (AvgIpc) is 2.84. The van der Waals surface area contributed by atoms with Gasteiger partial charge >= 0.3 is 0 Å². The summed E-state index contributed by atoms with van der Waals surface area (Å²) in [4.78, 5) is 15.6. The first-order valence-corrected chi connectivity index (χ1v) is 13.1. The summed E-state index contributed by atoms with van der Waals surface area (Å²) in [6.45, 7) is 8.83. The van der Waals surface area contributed by atoms with Crippen molar-refractivity contribution in [1.29, 1.82) is 0 Å². The van der Waals surface area contributed by atoms with Crippen molar-refractivity contribution >= 4 is 21.6 Å². The Kier molecular flexibility index (Phi) is 8.88. The van der Waals surface area contributed by atoms with Crippen LogP contribution in [0.25, 0.3) is 0 Å². The molecule has 7 nitrogen and oxygen atoms in total. The minimum absolute atomic E-state index is 0.0571. The van der Waals surface area contributed by atoms with Gasteiger partial charge < -0.3 is 15.0 Å². The van der Waals surface area contributed by atoms with Gasteiger partial charge in [-0.2, -0.15) is 4.31 Å². The van der Waals surface area contributed by atoms with E-state index in [0.29, 0.717) is 45.0 Å². The molecule has 0 aliphatic carbocycles. The quantitative estimate of drug-likeness (QED) is 0.573. The standard InChI is InChI=1S/C25H35N3O4S/c1-4-28(5-2)33(30,31)22-13-14-24(27-15-17-32-18-16-27)23(19-22)25(29)26-20(3)11-12-21-9-7-6-8-10-21/h6-10,13-14,19-20H,4-5,11-12,15-18H2,1-3H3,(H,26,29). The molecule has 1 atom stereocenters. The largest absolute Gasteiger partial charge is 0.378 e. The first-order valence-electron chi connectivity index (χ1n) is 11.7. The van der Waals surface area contributed by atoms with Crippen molar-refractivity contribution in [3.05, 3.63) is 59.7 Å². The third-order valence-corrected chi connectivity index (χ3v) is 8.04. The lowest BCUT2D eigenvalue weighted by atomic mass is 10.1. The first-order chi connectivity index (χ1) is 15.9. The Morgan fingerprint density at radius 3 is 2.39 bits per heavy atom. The van der Waals surface area contributed by atoms with Crippen molar-refractivity contribution in [3.63, 3.8) is 0 Å². The number of carbonyl (C=O) groups is 1. The molecule has 1 saturated heterocycles. The molecule has 0 aromatic heterocycles. The SMILES string of the molecule is CCN(CC)S(=O)(=O)c1ccc(N2CCOCC2)c(C(=O)NC(C)CCc2ccccc2)c1. The second-order valence-corrected chi connectivity index (χ2v) is 10.2. The molecule has 8 heteroatoms. The Labute approximate surface area is 197 Å². The predicted octanol–water partition coefficient (Wildman–Crippen LogP) is 3.30. The summed E-state index contributed by atoms with van der Waals surface area (Å²) in [5.74, 6) is -0.256. The van der Waals surface area contributed by atoms with Crippen LogP contribution in [0.4, 0.5) is 5.69 Å². The normalized spacial score (nSPS) is 15.5. The molecule has 33 heavy (non-hydrogen) atoms. The highest BCUT2D eigenvalue weighted by Gasteiger charge is 2.26. The predicted molar refractivity (Wildman–Crippen MR) is 131 cm³/mol. The molecule has 0 saturated carbocycles. The molecule has 1 aliphatic heterocycles. The van der Waals surface area contributed by atoms with E-state index >= 15 is 0 Å². The van der Waals surface area contributed by atoms with E-state index < -0.39 is 10.0 Å². The van der Waals surface area contributed by atoms with Crippen LogP contribution in [0.1, 0.15) is 43.1 Å². The third-order valence-electron chi connectivity index (χ3n) is 5.99. The van der Waals surface area contributed by atoms with Crippen LogP contribution in [0.5, 0.6) is 0 Å². The molecule has 0 radical (unpaired) electrons. The number of nitrogens with one attached hydrogen (secondary N) is 1. The van der Waals surface area contributed by atoms with Crippen molar-refractivity contribution < 1.29 is 17.9 Å². The second-order valence-electron chi connectivity index (χ2n) is 8.27. The van der Waals surface area contributed by atoms with Crippen molar-refractivity contribution in [1.82, 2.24) is 9.62 Å². The van der Waals surface area contributed by atoms with Crippen LogP contribution in [-0.2, 0) is 21.2 Å². The number of amides is 1. The summed E-state index contributed by atoms with van der Waals surface area (Å²) in [5.41, 5.74) is 2.35. The number of hydrogen-bond donors (Lipinski definition) is 1. The van der Waals surface area contributed by atoms with E-state index in [4.69, 9.17) is 4.74 Å². The molecular formula is C25H35N3O4S. The van der Waals surface area contributed by atoms with Crippen LogP contribution < -0.4 is 10.2 Å². The molecule has 3 rings (SSSR count). The number of rotatable bonds is 10. The van der Waals surface area contributed by atoms with Crippen LogP contribution in [-0.4, -0.2) is 64.1 Å². The summed E-state index contributed by atoms with van der Waals surface area (Å²) < 4.78 is 33.1. The van der Waals surface area contributed by atoms with Gasteiger partial charge in [0.25, 0.3) is 5.91 Å². The van der Waals surface area contributed by atoms with Gasteiger partial charge in [0.15, 0.2) is 0 Å². The maximum absolute atomic E-state index is 13.3. The maximum atomic E-state index is 13.3. The lowest BCUT2D eigenvalue weighted by molar-refractivity contribution is 0.0937. The van der Waals surface area contributed by atoms with Gasteiger partial charge in [-0.05, 0) is 43.5 Å². The van der Waals surface area contributed by atoms with Crippen molar-refractivity contribution in [2.24, 2.45) is 0 Å². The van der Waals surface area contributed by atoms with Crippen molar-refractivity contribution in [3.8, 4) is 0 Å². The van der Waals surface area contributed by atoms with Gasteiger partial charge in [0.05, 0.1) is 23.7 Å². The summed E-state index contributed by atoms with van der Waals surface area (Å²) >= 11 is 0. The Balaban J connectivity index is 1.85. The zero-order chi connectivity index (χ0) is 23.8. The van der Waals surface area contributed by atoms with Crippen molar-refractivity contribution in [2.45, 2.75) is 44.6 Å². The zero-order valence-corrected chi connectivity index (χ0v) is 20.6. The number of anilines is 1. The monoisotopic (exact) mass is 473 g/mol. The Hall–Kier alpha value is -2.42.